The van der Waals surface area contributed by atoms with Gasteiger partial charge in [0, 0.05) is 37.5 Å². The number of piperidine rings is 1. The van der Waals surface area contributed by atoms with Crippen molar-refractivity contribution in [2.24, 2.45) is 0 Å². The molecule has 1 saturated heterocycles. The summed E-state index contributed by atoms with van der Waals surface area (Å²) in [5.74, 6) is 0.575. The molecule has 0 saturated carbocycles. The number of carbonyl (C=O) groups is 1. The number of urea groups is 1. The normalized spacial score (nSPS) is 20.9. The Bertz CT molecular complexity index is 900. The van der Waals surface area contributed by atoms with E-state index in [1.54, 1.807) is 7.11 Å². The predicted molar refractivity (Wildman–Crippen MR) is 122 cm³/mol. The first-order valence-electron chi connectivity index (χ1n) is 11.6. The van der Waals surface area contributed by atoms with Crippen LogP contribution in [0, 0.1) is 0 Å². The molecule has 2 heterocycles. The van der Waals surface area contributed by atoms with Gasteiger partial charge in [-0.05, 0) is 69.8 Å². The maximum atomic E-state index is 12.9. The molecule has 1 aliphatic heterocycles. The lowest BCUT2D eigenvalue weighted by molar-refractivity contribution is 0.123. The van der Waals surface area contributed by atoms with Gasteiger partial charge in [-0.15, -0.1) is 0 Å². The van der Waals surface area contributed by atoms with E-state index in [0.29, 0.717) is 31.7 Å². The van der Waals surface area contributed by atoms with Crippen molar-refractivity contribution in [2.75, 3.05) is 38.7 Å². The number of benzene rings is 1. The molecule has 2 amide bonds. The van der Waals surface area contributed by atoms with Crippen molar-refractivity contribution in [3.05, 3.63) is 35.0 Å². The van der Waals surface area contributed by atoms with Crippen molar-refractivity contribution in [3.8, 4) is 0 Å². The van der Waals surface area contributed by atoms with Crippen LogP contribution >= 0.6 is 0 Å². The quantitative estimate of drug-likeness (QED) is 0.737. The van der Waals surface area contributed by atoms with Gasteiger partial charge in [0.1, 0.15) is 0 Å². The third-order valence-electron chi connectivity index (χ3n) is 6.99. The predicted octanol–water partition coefficient (Wildman–Crippen LogP) is 4.31. The minimum Gasteiger partial charge on any atom is -0.378 e. The lowest BCUT2D eigenvalue weighted by Gasteiger charge is -2.44. The highest BCUT2D eigenvalue weighted by molar-refractivity contribution is 5.93. The Kier molecular flexibility index (Phi) is 6.34. The molecule has 0 radical (unpaired) electrons. The van der Waals surface area contributed by atoms with Crippen LogP contribution in [0.1, 0.15) is 62.8 Å². The second-order valence-corrected chi connectivity index (χ2v) is 8.58. The van der Waals surface area contributed by atoms with Gasteiger partial charge in [0.15, 0.2) is 0 Å². The van der Waals surface area contributed by atoms with Gasteiger partial charge in [0.2, 0.25) is 0 Å². The van der Waals surface area contributed by atoms with E-state index < -0.39 is 0 Å². The fraction of sp³-hybridized carbons (Fsp3) is 0.625. The van der Waals surface area contributed by atoms with Gasteiger partial charge in [0.25, 0.3) is 0 Å². The summed E-state index contributed by atoms with van der Waals surface area (Å²) in [7, 11) is 1.73. The summed E-state index contributed by atoms with van der Waals surface area (Å²) >= 11 is 0. The van der Waals surface area contributed by atoms with Crippen LogP contribution in [0.25, 0.3) is 10.9 Å². The van der Waals surface area contributed by atoms with E-state index in [1.165, 1.54) is 42.3 Å². The Hall–Kier alpha value is -2.05. The van der Waals surface area contributed by atoms with E-state index in [0.717, 1.165) is 24.2 Å². The number of amides is 2. The van der Waals surface area contributed by atoms with E-state index in [-0.39, 0.29) is 6.03 Å². The molecule has 1 N–H and O–H groups in total. The average molecular weight is 413 g/mol. The molecule has 0 spiro atoms. The zero-order valence-corrected chi connectivity index (χ0v) is 18.9. The van der Waals surface area contributed by atoms with E-state index in [4.69, 9.17) is 4.74 Å². The van der Waals surface area contributed by atoms with Crippen LogP contribution < -0.4 is 5.43 Å². The fourth-order valence-corrected chi connectivity index (χ4v) is 5.65. The molecule has 164 valence electrons. The van der Waals surface area contributed by atoms with Crippen molar-refractivity contribution in [1.29, 1.82) is 0 Å². The highest BCUT2D eigenvalue weighted by Gasteiger charge is 2.39. The molecule has 2 aliphatic rings. The van der Waals surface area contributed by atoms with E-state index >= 15 is 0 Å². The molecule has 1 aromatic carbocycles. The maximum Gasteiger partial charge on any atom is 0.336 e. The third-order valence-corrected chi connectivity index (χ3v) is 6.99. The van der Waals surface area contributed by atoms with Crippen molar-refractivity contribution in [3.63, 3.8) is 0 Å². The Labute approximate surface area is 180 Å². The molecule has 0 unspecified atom stereocenters. The second-order valence-electron chi connectivity index (χ2n) is 8.58. The number of aromatic nitrogens is 1. The van der Waals surface area contributed by atoms with Crippen LogP contribution in [0.5, 0.6) is 0 Å². The first kappa shape index (κ1) is 21.2. The summed E-state index contributed by atoms with van der Waals surface area (Å²) in [6.45, 7) is 10.5. The van der Waals surface area contributed by atoms with Crippen molar-refractivity contribution < 1.29 is 9.53 Å². The summed E-state index contributed by atoms with van der Waals surface area (Å²) in [5.41, 5.74) is 8.17. The van der Waals surface area contributed by atoms with Gasteiger partial charge in [-0.25, -0.2) is 10.2 Å². The molecule has 0 bridgehead atoms. The van der Waals surface area contributed by atoms with Crippen LogP contribution in [0.3, 0.4) is 0 Å². The molecular weight excluding hydrogens is 376 g/mol. The minimum atomic E-state index is -0.0597. The maximum absolute atomic E-state index is 12.9. The molecule has 1 fully saturated rings. The summed E-state index contributed by atoms with van der Waals surface area (Å²) < 4.78 is 7.61. The van der Waals surface area contributed by atoms with Crippen LogP contribution in [0.2, 0.25) is 0 Å². The number of rotatable bonds is 7. The smallest absolute Gasteiger partial charge is 0.336 e. The van der Waals surface area contributed by atoms with Gasteiger partial charge in [-0.2, -0.15) is 0 Å². The van der Waals surface area contributed by atoms with Crippen molar-refractivity contribution in [2.45, 2.75) is 65.0 Å². The Morgan fingerprint density at radius 2 is 2.07 bits per heavy atom. The number of carbonyl (C=O) groups excluding carboxylic acids is 1. The number of ether oxygens (including phenoxy) is 1. The lowest BCUT2D eigenvalue weighted by Crippen LogP contribution is -2.47. The summed E-state index contributed by atoms with van der Waals surface area (Å²) in [6, 6.07) is 7.08. The average Bonchev–Trinajstić information content (AvgIpc) is 3.04. The SMILES string of the molecule is CCCN1CCC[C@@H]2c3cccc4c3c(c(COC)n4NC(=O)N(CC)CC)C[C@H]21. The largest absolute Gasteiger partial charge is 0.378 e. The van der Waals surface area contributed by atoms with Gasteiger partial charge < -0.3 is 9.64 Å². The van der Waals surface area contributed by atoms with Crippen LogP contribution in [0.4, 0.5) is 4.79 Å². The van der Waals surface area contributed by atoms with E-state index in [9.17, 15) is 4.79 Å². The Morgan fingerprint density at radius 1 is 1.27 bits per heavy atom. The third kappa shape index (κ3) is 3.50. The number of likely N-dealkylation sites (tertiary alicyclic amines) is 1. The Morgan fingerprint density at radius 3 is 2.77 bits per heavy atom. The van der Waals surface area contributed by atoms with Crippen LogP contribution in [-0.4, -0.2) is 59.8 Å². The van der Waals surface area contributed by atoms with Crippen molar-refractivity contribution in [1.82, 2.24) is 14.5 Å². The lowest BCUT2D eigenvalue weighted by atomic mass is 9.74. The topological polar surface area (TPSA) is 49.7 Å². The van der Waals surface area contributed by atoms with Gasteiger partial charge in [-0.3, -0.25) is 9.58 Å². The first-order valence-corrected chi connectivity index (χ1v) is 11.6. The minimum absolute atomic E-state index is 0.0597. The number of hydrogen-bond donors (Lipinski definition) is 1. The monoisotopic (exact) mass is 412 g/mol. The summed E-state index contributed by atoms with van der Waals surface area (Å²) in [4.78, 5) is 17.4. The number of hydrogen-bond acceptors (Lipinski definition) is 3. The number of nitrogens with one attached hydrogen (secondary N) is 1. The van der Waals surface area contributed by atoms with E-state index in [1.807, 2.05) is 23.4 Å². The summed E-state index contributed by atoms with van der Waals surface area (Å²) in [5, 5.41) is 1.34. The molecule has 30 heavy (non-hydrogen) atoms. The molecule has 6 heteroatoms. The number of methoxy groups -OCH3 is 1. The molecule has 4 rings (SSSR count). The zero-order chi connectivity index (χ0) is 21.3. The molecule has 1 aromatic heterocycles. The number of fused-ring (bicyclic) bond motifs is 2. The van der Waals surface area contributed by atoms with Crippen LogP contribution in [0.15, 0.2) is 18.2 Å². The Balaban J connectivity index is 1.82. The van der Waals surface area contributed by atoms with Crippen molar-refractivity contribution >= 4 is 16.9 Å². The molecule has 2 atom stereocenters. The molecule has 1 aliphatic carbocycles. The van der Waals surface area contributed by atoms with Gasteiger partial charge in [-0.1, -0.05) is 19.1 Å². The first-order chi connectivity index (χ1) is 14.6. The second kappa shape index (κ2) is 8.98. The number of nitrogens with zero attached hydrogens (tertiary/aromatic N) is 3. The molecule has 6 nitrogen and oxygen atoms in total. The molecule has 2 aromatic rings. The fourth-order valence-electron chi connectivity index (χ4n) is 5.65. The van der Waals surface area contributed by atoms with Crippen LogP contribution in [-0.2, 0) is 17.8 Å². The molecular formula is C24H36N4O2. The highest BCUT2D eigenvalue weighted by Crippen LogP contribution is 2.45. The highest BCUT2D eigenvalue weighted by atomic mass is 16.5. The zero-order valence-electron chi connectivity index (χ0n) is 18.9. The standard InChI is InChI=1S/C24H36N4O2/c1-5-13-27-14-9-11-17-18-10-8-12-20-23(18)19(15-21(17)27)22(16-30-4)28(20)25-24(29)26(6-2)7-3/h8,10,12,17,21H,5-7,9,11,13-16H2,1-4H3,(H,25,29)/t17-,21-/m1/s1. The van der Waals surface area contributed by atoms with E-state index in [2.05, 4.69) is 35.4 Å². The summed E-state index contributed by atoms with van der Waals surface area (Å²) in [6.07, 6.45) is 4.73. The van der Waals surface area contributed by atoms with Gasteiger partial charge >= 0.3 is 6.03 Å². The van der Waals surface area contributed by atoms with Gasteiger partial charge in [0.05, 0.1) is 17.8 Å².